The third-order valence-corrected chi connectivity index (χ3v) is 3.00. The van der Waals surface area contributed by atoms with Gasteiger partial charge >= 0.3 is 0 Å². The quantitative estimate of drug-likeness (QED) is 0.746. The average molecular weight is 239 g/mol. The fourth-order valence-electron chi connectivity index (χ4n) is 2.01. The lowest BCUT2D eigenvalue weighted by atomic mass is 10.1. The highest BCUT2D eigenvalue weighted by atomic mass is 16.3. The molecular weight excluding hydrogens is 226 g/mol. The molecule has 0 spiro atoms. The van der Waals surface area contributed by atoms with E-state index in [1.54, 1.807) is 12.1 Å². The van der Waals surface area contributed by atoms with Crippen LogP contribution < -0.4 is 0 Å². The van der Waals surface area contributed by atoms with Crippen molar-refractivity contribution in [3.05, 3.63) is 59.5 Å². The average Bonchev–Trinajstić information content (AvgIpc) is 2.77. The van der Waals surface area contributed by atoms with Gasteiger partial charge in [-0.25, -0.2) is 0 Å². The molecule has 0 fully saturated rings. The van der Waals surface area contributed by atoms with Gasteiger partial charge in [0.15, 0.2) is 5.65 Å². The van der Waals surface area contributed by atoms with Crippen LogP contribution in [-0.2, 0) is 6.42 Å². The molecule has 1 N–H and O–H groups in total. The molecule has 3 aromatic rings. The minimum Gasteiger partial charge on any atom is -0.508 e. The highest BCUT2D eigenvalue weighted by Gasteiger charge is 2.07. The van der Waals surface area contributed by atoms with Gasteiger partial charge in [0.1, 0.15) is 11.6 Å². The Morgan fingerprint density at radius 1 is 1.11 bits per heavy atom. The van der Waals surface area contributed by atoms with Crippen molar-refractivity contribution in [1.29, 1.82) is 0 Å². The second kappa shape index (κ2) is 4.14. The van der Waals surface area contributed by atoms with E-state index in [0.29, 0.717) is 6.42 Å². The van der Waals surface area contributed by atoms with E-state index in [2.05, 4.69) is 10.2 Å². The molecule has 0 bridgehead atoms. The standard InChI is InChI=1S/C14H13N3O/c1-10-3-2-8-17-13(15-16-14(10)17)9-11-4-6-12(18)7-5-11/h2-8,18H,9H2,1H3. The molecule has 0 saturated carbocycles. The monoisotopic (exact) mass is 239 g/mol. The number of rotatable bonds is 2. The molecule has 0 aliphatic rings. The first-order valence-corrected chi connectivity index (χ1v) is 5.81. The molecule has 3 rings (SSSR count). The van der Waals surface area contributed by atoms with Crippen LogP contribution >= 0.6 is 0 Å². The highest BCUT2D eigenvalue weighted by molar-refractivity contribution is 5.46. The topological polar surface area (TPSA) is 50.4 Å². The molecule has 2 heterocycles. The number of benzene rings is 1. The minimum absolute atomic E-state index is 0.278. The Hall–Kier alpha value is -2.36. The van der Waals surface area contributed by atoms with Crippen LogP contribution in [0.2, 0.25) is 0 Å². The maximum atomic E-state index is 9.26. The molecule has 0 amide bonds. The molecule has 90 valence electrons. The Balaban J connectivity index is 2.00. The lowest BCUT2D eigenvalue weighted by Crippen LogP contribution is -1.96. The Morgan fingerprint density at radius 2 is 1.89 bits per heavy atom. The number of aromatic hydroxyl groups is 1. The molecule has 4 nitrogen and oxygen atoms in total. The number of phenolic OH excluding ortho intramolecular Hbond substituents is 1. The second-order valence-electron chi connectivity index (χ2n) is 4.34. The van der Waals surface area contributed by atoms with Crippen LogP contribution in [0, 0.1) is 6.92 Å². The van der Waals surface area contributed by atoms with Crippen molar-refractivity contribution in [3.8, 4) is 5.75 Å². The SMILES string of the molecule is Cc1cccn2c(Cc3ccc(O)cc3)nnc12. The number of pyridine rings is 1. The van der Waals surface area contributed by atoms with E-state index < -0.39 is 0 Å². The van der Waals surface area contributed by atoms with Gasteiger partial charge in [-0.15, -0.1) is 10.2 Å². The van der Waals surface area contributed by atoms with E-state index in [1.165, 1.54) is 0 Å². The zero-order valence-corrected chi connectivity index (χ0v) is 10.0. The van der Waals surface area contributed by atoms with Crippen molar-refractivity contribution in [2.45, 2.75) is 13.3 Å². The van der Waals surface area contributed by atoms with Gasteiger partial charge < -0.3 is 5.11 Å². The predicted octanol–water partition coefficient (Wildman–Crippen LogP) is 2.33. The summed E-state index contributed by atoms with van der Waals surface area (Å²) in [6, 6.07) is 11.2. The van der Waals surface area contributed by atoms with Crippen LogP contribution in [0.4, 0.5) is 0 Å². The van der Waals surface area contributed by atoms with E-state index in [1.807, 2.05) is 41.8 Å². The fourth-order valence-corrected chi connectivity index (χ4v) is 2.01. The van der Waals surface area contributed by atoms with Crippen LogP contribution in [0.25, 0.3) is 5.65 Å². The molecule has 0 saturated heterocycles. The first-order valence-electron chi connectivity index (χ1n) is 5.81. The predicted molar refractivity (Wildman–Crippen MR) is 68.6 cm³/mol. The molecular formula is C14H13N3O. The highest BCUT2D eigenvalue weighted by Crippen LogP contribution is 2.15. The summed E-state index contributed by atoms with van der Waals surface area (Å²) in [5.74, 6) is 1.18. The van der Waals surface area contributed by atoms with Crippen LogP contribution in [0.5, 0.6) is 5.75 Å². The third kappa shape index (κ3) is 1.82. The number of fused-ring (bicyclic) bond motifs is 1. The van der Waals surface area contributed by atoms with Crippen LogP contribution in [0.15, 0.2) is 42.6 Å². The maximum absolute atomic E-state index is 9.26. The zero-order valence-electron chi connectivity index (χ0n) is 10.0. The van der Waals surface area contributed by atoms with Crippen LogP contribution in [-0.4, -0.2) is 19.7 Å². The number of aryl methyl sites for hydroxylation is 1. The normalized spacial score (nSPS) is 10.9. The van der Waals surface area contributed by atoms with Gasteiger partial charge in [0.2, 0.25) is 0 Å². The number of phenols is 1. The van der Waals surface area contributed by atoms with Gasteiger partial charge in [0.25, 0.3) is 0 Å². The van der Waals surface area contributed by atoms with Gasteiger partial charge in [-0.2, -0.15) is 0 Å². The molecule has 0 unspecified atom stereocenters. The lowest BCUT2D eigenvalue weighted by Gasteiger charge is -2.01. The summed E-state index contributed by atoms with van der Waals surface area (Å²) in [5.41, 5.74) is 3.11. The van der Waals surface area contributed by atoms with Gasteiger partial charge in [-0.05, 0) is 36.2 Å². The Labute approximate surface area is 105 Å². The van der Waals surface area contributed by atoms with Gasteiger partial charge in [0, 0.05) is 12.6 Å². The lowest BCUT2D eigenvalue weighted by molar-refractivity contribution is 0.475. The smallest absolute Gasteiger partial charge is 0.163 e. The number of hydrogen-bond donors (Lipinski definition) is 1. The Kier molecular flexibility index (Phi) is 2.48. The van der Waals surface area contributed by atoms with Crippen molar-refractivity contribution in [3.63, 3.8) is 0 Å². The Bertz CT molecular complexity index is 686. The summed E-state index contributed by atoms with van der Waals surface area (Å²) in [7, 11) is 0. The zero-order chi connectivity index (χ0) is 12.5. The third-order valence-electron chi connectivity index (χ3n) is 3.00. The molecule has 0 radical (unpaired) electrons. The van der Waals surface area contributed by atoms with E-state index in [-0.39, 0.29) is 5.75 Å². The molecule has 0 aliphatic heterocycles. The molecule has 1 aromatic carbocycles. The van der Waals surface area contributed by atoms with Gasteiger partial charge in [0.05, 0.1) is 0 Å². The van der Waals surface area contributed by atoms with E-state index in [4.69, 9.17) is 0 Å². The van der Waals surface area contributed by atoms with E-state index in [0.717, 1.165) is 22.6 Å². The summed E-state index contributed by atoms with van der Waals surface area (Å²) in [6.45, 7) is 2.02. The van der Waals surface area contributed by atoms with Gasteiger partial charge in [-0.1, -0.05) is 18.2 Å². The number of hydrogen-bond acceptors (Lipinski definition) is 3. The number of aromatic nitrogens is 3. The van der Waals surface area contributed by atoms with E-state index in [9.17, 15) is 5.11 Å². The van der Waals surface area contributed by atoms with Gasteiger partial charge in [-0.3, -0.25) is 4.40 Å². The summed E-state index contributed by atoms with van der Waals surface area (Å²) in [6.07, 6.45) is 2.67. The van der Waals surface area contributed by atoms with Crippen LogP contribution in [0.3, 0.4) is 0 Å². The first-order chi connectivity index (χ1) is 8.74. The van der Waals surface area contributed by atoms with Crippen LogP contribution in [0.1, 0.15) is 17.0 Å². The second-order valence-corrected chi connectivity index (χ2v) is 4.34. The van der Waals surface area contributed by atoms with E-state index >= 15 is 0 Å². The first kappa shape index (κ1) is 10.8. The molecule has 0 atom stereocenters. The van der Waals surface area contributed by atoms with Crippen molar-refractivity contribution in [2.75, 3.05) is 0 Å². The van der Waals surface area contributed by atoms with Crippen molar-refractivity contribution in [1.82, 2.24) is 14.6 Å². The summed E-state index contributed by atoms with van der Waals surface area (Å²) in [4.78, 5) is 0. The summed E-state index contributed by atoms with van der Waals surface area (Å²) in [5, 5.41) is 17.7. The summed E-state index contributed by atoms with van der Waals surface area (Å²) >= 11 is 0. The molecule has 0 aliphatic carbocycles. The molecule has 18 heavy (non-hydrogen) atoms. The fraction of sp³-hybridized carbons (Fsp3) is 0.143. The maximum Gasteiger partial charge on any atom is 0.163 e. The van der Waals surface area contributed by atoms with Crippen molar-refractivity contribution >= 4 is 5.65 Å². The minimum atomic E-state index is 0.278. The molecule has 2 aromatic heterocycles. The largest absolute Gasteiger partial charge is 0.508 e. The summed E-state index contributed by atoms with van der Waals surface area (Å²) < 4.78 is 2.00. The molecule has 4 heteroatoms. The number of nitrogens with zero attached hydrogens (tertiary/aromatic N) is 3. The van der Waals surface area contributed by atoms with Crippen molar-refractivity contribution < 1.29 is 5.11 Å². The Morgan fingerprint density at radius 3 is 2.67 bits per heavy atom. The van der Waals surface area contributed by atoms with Crippen molar-refractivity contribution in [2.24, 2.45) is 0 Å².